The van der Waals surface area contributed by atoms with Crippen molar-refractivity contribution in [2.24, 2.45) is 0 Å². The predicted octanol–water partition coefficient (Wildman–Crippen LogP) is 4.72. The monoisotopic (exact) mass is 357 g/mol. The number of fused-ring (bicyclic) bond motifs is 1. The number of aromatic nitrogens is 3. The largest absolute Gasteiger partial charge is 0.573 e. The third-order valence-corrected chi connectivity index (χ3v) is 3.54. The minimum atomic E-state index is -4.79. The Balaban J connectivity index is 2.03. The standard InChI is InChI=1S/C16H12F5N3O/c1-9-7-10(3-4-13(9)25-16(19,20)21)12-5-6-24-14(23-12)11(8-22-24)15(2,17)18/h3-8H,1-2H3. The second-order valence-corrected chi connectivity index (χ2v) is 5.56. The number of ether oxygens (including phenoxy) is 1. The molecule has 2 heterocycles. The molecule has 0 amide bonds. The van der Waals surface area contributed by atoms with Crippen molar-refractivity contribution < 1.29 is 26.7 Å². The topological polar surface area (TPSA) is 39.4 Å². The van der Waals surface area contributed by atoms with Gasteiger partial charge < -0.3 is 4.74 Å². The van der Waals surface area contributed by atoms with E-state index in [0.29, 0.717) is 11.3 Å². The first-order chi connectivity index (χ1) is 11.5. The van der Waals surface area contributed by atoms with Gasteiger partial charge in [-0.15, -0.1) is 13.2 Å². The maximum Gasteiger partial charge on any atom is 0.573 e. The summed E-state index contributed by atoms with van der Waals surface area (Å²) < 4.78 is 69.3. The van der Waals surface area contributed by atoms with Crippen molar-refractivity contribution in [2.75, 3.05) is 0 Å². The lowest BCUT2D eigenvalue weighted by atomic mass is 10.1. The van der Waals surface area contributed by atoms with Crippen molar-refractivity contribution in [2.45, 2.75) is 26.1 Å². The molecule has 0 atom stereocenters. The SMILES string of the molecule is Cc1cc(-c2ccn3ncc(C(C)(F)F)c3n2)ccc1OC(F)(F)F. The van der Waals surface area contributed by atoms with Crippen LogP contribution in [0.1, 0.15) is 18.1 Å². The van der Waals surface area contributed by atoms with Crippen molar-refractivity contribution in [3.63, 3.8) is 0 Å². The molecule has 25 heavy (non-hydrogen) atoms. The zero-order valence-electron chi connectivity index (χ0n) is 13.1. The molecule has 3 rings (SSSR count). The van der Waals surface area contributed by atoms with Gasteiger partial charge in [0.05, 0.1) is 17.5 Å². The summed E-state index contributed by atoms with van der Waals surface area (Å²) in [4.78, 5) is 4.17. The molecule has 9 heteroatoms. The van der Waals surface area contributed by atoms with Gasteiger partial charge in [0, 0.05) is 18.7 Å². The maximum absolute atomic E-state index is 13.6. The fourth-order valence-electron chi connectivity index (χ4n) is 2.39. The third-order valence-electron chi connectivity index (χ3n) is 3.54. The zero-order chi connectivity index (χ0) is 18.4. The van der Waals surface area contributed by atoms with Crippen molar-refractivity contribution in [1.29, 1.82) is 0 Å². The number of nitrogens with zero attached hydrogens (tertiary/aromatic N) is 3. The lowest BCUT2D eigenvalue weighted by Crippen LogP contribution is -2.17. The summed E-state index contributed by atoms with van der Waals surface area (Å²) in [6, 6.07) is 5.53. The van der Waals surface area contributed by atoms with E-state index in [1.807, 2.05) is 0 Å². The highest BCUT2D eigenvalue weighted by molar-refractivity contribution is 5.65. The summed E-state index contributed by atoms with van der Waals surface area (Å²) >= 11 is 0. The van der Waals surface area contributed by atoms with Crippen molar-refractivity contribution in [3.8, 4) is 17.0 Å². The molecule has 1 aromatic carbocycles. The summed E-state index contributed by atoms with van der Waals surface area (Å²) in [6.45, 7) is 2.19. The van der Waals surface area contributed by atoms with Crippen LogP contribution in [0.3, 0.4) is 0 Å². The third kappa shape index (κ3) is 3.54. The Labute approximate surface area is 138 Å². The van der Waals surface area contributed by atoms with E-state index in [-0.39, 0.29) is 22.5 Å². The molecular formula is C16H12F5N3O. The Morgan fingerprint density at radius 3 is 2.40 bits per heavy atom. The van der Waals surface area contributed by atoms with Gasteiger partial charge in [0.15, 0.2) is 5.65 Å². The molecule has 3 aromatic rings. The summed E-state index contributed by atoms with van der Waals surface area (Å²) in [5, 5.41) is 3.82. The van der Waals surface area contributed by atoms with Gasteiger partial charge in [0.1, 0.15) is 5.75 Å². The van der Waals surface area contributed by atoms with Gasteiger partial charge in [-0.2, -0.15) is 5.10 Å². The summed E-state index contributed by atoms with van der Waals surface area (Å²) in [6.07, 6.45) is -2.29. The van der Waals surface area contributed by atoms with Crippen LogP contribution in [-0.4, -0.2) is 21.0 Å². The minimum absolute atomic E-state index is 0.0155. The molecular weight excluding hydrogens is 345 g/mol. The Bertz CT molecular complexity index is 928. The Hall–Kier alpha value is -2.71. The quantitative estimate of drug-likeness (QED) is 0.637. The van der Waals surface area contributed by atoms with Gasteiger partial charge in [-0.25, -0.2) is 18.3 Å². The van der Waals surface area contributed by atoms with Crippen LogP contribution >= 0.6 is 0 Å². The highest BCUT2D eigenvalue weighted by Gasteiger charge is 2.32. The van der Waals surface area contributed by atoms with Gasteiger partial charge in [-0.1, -0.05) is 0 Å². The molecule has 0 N–H and O–H groups in total. The Morgan fingerprint density at radius 2 is 1.80 bits per heavy atom. The van der Waals surface area contributed by atoms with Gasteiger partial charge in [-0.05, 0) is 36.8 Å². The first-order valence-electron chi connectivity index (χ1n) is 7.14. The van der Waals surface area contributed by atoms with E-state index in [0.717, 1.165) is 19.2 Å². The Kier molecular flexibility index (Phi) is 3.89. The van der Waals surface area contributed by atoms with Crippen LogP contribution in [-0.2, 0) is 5.92 Å². The number of halogens is 5. The molecule has 0 spiro atoms. The van der Waals surface area contributed by atoms with Crippen LogP contribution in [0.2, 0.25) is 0 Å². The van der Waals surface area contributed by atoms with Crippen molar-refractivity contribution >= 4 is 5.65 Å². The maximum atomic E-state index is 13.6. The van der Waals surface area contributed by atoms with Crippen LogP contribution in [0.25, 0.3) is 16.9 Å². The smallest absolute Gasteiger partial charge is 0.406 e. The van der Waals surface area contributed by atoms with E-state index in [4.69, 9.17) is 0 Å². The molecule has 0 fully saturated rings. The number of hydrogen-bond acceptors (Lipinski definition) is 3. The first-order valence-corrected chi connectivity index (χ1v) is 7.14. The second-order valence-electron chi connectivity index (χ2n) is 5.56. The van der Waals surface area contributed by atoms with Gasteiger partial charge in [0.25, 0.3) is 5.92 Å². The fraction of sp³-hybridized carbons (Fsp3) is 0.250. The molecule has 0 aliphatic carbocycles. The summed E-state index contributed by atoms with van der Waals surface area (Å²) in [5.41, 5.74) is 0.702. The molecule has 0 radical (unpaired) electrons. The normalized spacial score (nSPS) is 12.6. The number of alkyl halides is 5. The summed E-state index contributed by atoms with van der Waals surface area (Å²) in [5.74, 6) is -3.45. The average Bonchev–Trinajstić information content (AvgIpc) is 2.91. The molecule has 132 valence electrons. The van der Waals surface area contributed by atoms with E-state index in [1.54, 1.807) is 0 Å². The van der Waals surface area contributed by atoms with E-state index in [9.17, 15) is 22.0 Å². The molecule has 2 aromatic heterocycles. The molecule has 4 nitrogen and oxygen atoms in total. The zero-order valence-corrected chi connectivity index (χ0v) is 13.1. The highest BCUT2D eigenvalue weighted by Crippen LogP contribution is 2.32. The highest BCUT2D eigenvalue weighted by atomic mass is 19.4. The van der Waals surface area contributed by atoms with Crippen LogP contribution < -0.4 is 4.74 Å². The van der Waals surface area contributed by atoms with E-state index in [2.05, 4.69) is 14.8 Å². The van der Waals surface area contributed by atoms with Gasteiger partial charge >= 0.3 is 6.36 Å². The fourth-order valence-corrected chi connectivity index (χ4v) is 2.39. The van der Waals surface area contributed by atoms with Crippen LogP contribution in [0.4, 0.5) is 22.0 Å². The second kappa shape index (κ2) is 5.68. The van der Waals surface area contributed by atoms with E-state index >= 15 is 0 Å². The summed E-state index contributed by atoms with van der Waals surface area (Å²) in [7, 11) is 0. The number of hydrogen-bond donors (Lipinski definition) is 0. The number of aryl methyl sites for hydroxylation is 1. The van der Waals surface area contributed by atoms with Crippen LogP contribution in [0.5, 0.6) is 5.75 Å². The van der Waals surface area contributed by atoms with Crippen LogP contribution in [0.15, 0.2) is 36.7 Å². The lowest BCUT2D eigenvalue weighted by Gasteiger charge is -2.12. The predicted molar refractivity (Wildman–Crippen MR) is 79.4 cm³/mol. The van der Waals surface area contributed by atoms with Crippen molar-refractivity contribution in [1.82, 2.24) is 14.6 Å². The lowest BCUT2D eigenvalue weighted by molar-refractivity contribution is -0.274. The van der Waals surface area contributed by atoms with Gasteiger partial charge in [0.2, 0.25) is 0 Å². The van der Waals surface area contributed by atoms with E-state index < -0.39 is 12.3 Å². The molecule has 0 aliphatic rings. The van der Waals surface area contributed by atoms with Gasteiger partial charge in [-0.3, -0.25) is 0 Å². The molecule has 0 aliphatic heterocycles. The number of benzene rings is 1. The molecule has 0 saturated heterocycles. The molecule has 0 saturated carbocycles. The Morgan fingerprint density at radius 1 is 1.08 bits per heavy atom. The first kappa shape index (κ1) is 17.1. The van der Waals surface area contributed by atoms with E-state index in [1.165, 1.54) is 35.8 Å². The molecule has 0 unspecified atom stereocenters. The van der Waals surface area contributed by atoms with Crippen LogP contribution in [0, 0.1) is 6.92 Å². The minimum Gasteiger partial charge on any atom is -0.406 e. The molecule has 0 bridgehead atoms. The van der Waals surface area contributed by atoms with Crippen molar-refractivity contribution in [3.05, 3.63) is 47.8 Å². The average molecular weight is 357 g/mol. The number of rotatable bonds is 3.